The fourth-order valence-corrected chi connectivity index (χ4v) is 4.11. The zero-order chi connectivity index (χ0) is 24.5. The van der Waals surface area contributed by atoms with Crippen LogP contribution in [-0.4, -0.2) is 31.1 Å². The van der Waals surface area contributed by atoms with Crippen LogP contribution in [0.25, 0.3) is 6.08 Å². The lowest BCUT2D eigenvalue weighted by Crippen LogP contribution is -2.33. The van der Waals surface area contributed by atoms with Crippen molar-refractivity contribution in [2.24, 2.45) is 0 Å². The molecule has 1 aliphatic heterocycles. The Hall–Kier alpha value is -3.70. The molecule has 0 radical (unpaired) electrons. The van der Waals surface area contributed by atoms with E-state index in [9.17, 15) is 9.59 Å². The van der Waals surface area contributed by atoms with E-state index in [-0.39, 0.29) is 24.3 Å². The minimum absolute atomic E-state index is 0.0435. The predicted octanol–water partition coefficient (Wildman–Crippen LogP) is 5.08. The lowest BCUT2D eigenvalue weighted by atomic mass is 10.1. The summed E-state index contributed by atoms with van der Waals surface area (Å²) in [6.07, 6.45) is 5.84. The van der Waals surface area contributed by atoms with Gasteiger partial charge in [-0.25, -0.2) is 0 Å². The van der Waals surface area contributed by atoms with Gasteiger partial charge in [0.2, 0.25) is 5.91 Å². The number of ether oxygens (including phenoxy) is 1. The van der Waals surface area contributed by atoms with Crippen LogP contribution in [-0.2, 0) is 27.3 Å². The second-order valence-electron chi connectivity index (χ2n) is 8.94. The minimum Gasteiger partial charge on any atom is -0.376 e. The Balaban J connectivity index is 1.50. The maximum atomic E-state index is 13.3. The van der Waals surface area contributed by atoms with Gasteiger partial charge in [-0.15, -0.1) is 0 Å². The molecule has 0 aliphatic carbocycles. The lowest BCUT2D eigenvalue weighted by Gasteiger charge is -2.22. The number of benzene rings is 3. The number of rotatable bonds is 9. The first-order valence-electron chi connectivity index (χ1n) is 12.1. The highest BCUT2D eigenvalue weighted by Gasteiger charge is 2.18. The van der Waals surface area contributed by atoms with E-state index >= 15 is 0 Å². The third kappa shape index (κ3) is 7.39. The molecular formula is C30H32N2O3. The average molecular weight is 469 g/mol. The van der Waals surface area contributed by atoms with Crippen LogP contribution in [0.1, 0.15) is 35.1 Å². The SMILES string of the molecule is Cc1ccc(CN(C(=O)/C=C/c2ccccc2)c2cccc(CC(=O)NC[C@@H]3CCCO3)c2)cc1. The molecule has 1 heterocycles. The number of nitrogens with zero attached hydrogens (tertiary/aromatic N) is 1. The molecule has 0 spiro atoms. The summed E-state index contributed by atoms with van der Waals surface area (Å²) < 4.78 is 5.58. The highest BCUT2D eigenvalue weighted by molar-refractivity contribution is 6.03. The molecule has 1 atom stereocenters. The fourth-order valence-electron chi connectivity index (χ4n) is 4.11. The van der Waals surface area contributed by atoms with Crippen LogP contribution in [0.4, 0.5) is 5.69 Å². The van der Waals surface area contributed by atoms with Gasteiger partial charge < -0.3 is 15.0 Å². The van der Waals surface area contributed by atoms with Crippen molar-refractivity contribution in [2.75, 3.05) is 18.1 Å². The number of carbonyl (C=O) groups excluding carboxylic acids is 2. The molecule has 0 saturated carbocycles. The van der Waals surface area contributed by atoms with Crippen LogP contribution >= 0.6 is 0 Å². The van der Waals surface area contributed by atoms with Crippen LogP contribution in [0.15, 0.2) is 84.9 Å². The zero-order valence-electron chi connectivity index (χ0n) is 20.2. The molecule has 3 aromatic carbocycles. The summed E-state index contributed by atoms with van der Waals surface area (Å²) in [6, 6.07) is 25.6. The quantitative estimate of drug-likeness (QED) is 0.446. The van der Waals surface area contributed by atoms with Crippen molar-refractivity contribution in [1.82, 2.24) is 5.32 Å². The van der Waals surface area contributed by atoms with E-state index < -0.39 is 0 Å². The first-order valence-corrected chi connectivity index (χ1v) is 12.1. The monoisotopic (exact) mass is 468 g/mol. The number of carbonyl (C=O) groups is 2. The number of anilines is 1. The van der Waals surface area contributed by atoms with Crippen molar-refractivity contribution in [3.05, 3.63) is 107 Å². The molecule has 1 aliphatic rings. The molecule has 1 fully saturated rings. The normalized spacial score (nSPS) is 15.3. The van der Waals surface area contributed by atoms with Crippen molar-refractivity contribution < 1.29 is 14.3 Å². The van der Waals surface area contributed by atoms with E-state index in [0.29, 0.717) is 13.1 Å². The molecular weight excluding hydrogens is 436 g/mol. The summed E-state index contributed by atoms with van der Waals surface area (Å²) in [5.41, 5.74) is 4.80. The number of nitrogens with one attached hydrogen (secondary N) is 1. The second kappa shape index (κ2) is 12.1. The third-order valence-electron chi connectivity index (χ3n) is 6.08. The number of hydrogen-bond acceptors (Lipinski definition) is 3. The molecule has 3 aromatic rings. The molecule has 0 unspecified atom stereocenters. The predicted molar refractivity (Wildman–Crippen MR) is 140 cm³/mol. The van der Waals surface area contributed by atoms with Gasteiger partial charge >= 0.3 is 0 Å². The van der Waals surface area contributed by atoms with Crippen LogP contribution in [0.3, 0.4) is 0 Å². The molecule has 1 saturated heterocycles. The van der Waals surface area contributed by atoms with E-state index in [1.165, 1.54) is 5.56 Å². The Kier molecular flexibility index (Phi) is 8.47. The topological polar surface area (TPSA) is 58.6 Å². The van der Waals surface area contributed by atoms with Gasteiger partial charge in [0.15, 0.2) is 0 Å². The van der Waals surface area contributed by atoms with Crippen molar-refractivity contribution in [1.29, 1.82) is 0 Å². The average Bonchev–Trinajstić information content (AvgIpc) is 3.40. The minimum atomic E-state index is -0.116. The molecule has 5 heteroatoms. The molecule has 1 N–H and O–H groups in total. The zero-order valence-corrected chi connectivity index (χ0v) is 20.2. The van der Waals surface area contributed by atoms with Crippen molar-refractivity contribution in [3.8, 4) is 0 Å². The van der Waals surface area contributed by atoms with Crippen molar-refractivity contribution in [3.63, 3.8) is 0 Å². The highest BCUT2D eigenvalue weighted by atomic mass is 16.5. The summed E-state index contributed by atoms with van der Waals surface area (Å²) in [5.74, 6) is -0.160. The second-order valence-corrected chi connectivity index (χ2v) is 8.94. The summed E-state index contributed by atoms with van der Waals surface area (Å²) >= 11 is 0. The molecule has 35 heavy (non-hydrogen) atoms. The summed E-state index contributed by atoms with van der Waals surface area (Å²) in [5, 5.41) is 2.97. The van der Waals surface area contributed by atoms with E-state index in [4.69, 9.17) is 4.74 Å². The van der Waals surface area contributed by atoms with Gasteiger partial charge in [0.05, 0.1) is 19.1 Å². The number of aryl methyl sites for hydroxylation is 1. The van der Waals surface area contributed by atoms with Gasteiger partial charge in [0.25, 0.3) is 5.91 Å². The smallest absolute Gasteiger partial charge is 0.251 e. The van der Waals surface area contributed by atoms with E-state index in [2.05, 4.69) is 5.32 Å². The largest absolute Gasteiger partial charge is 0.376 e. The maximum Gasteiger partial charge on any atom is 0.251 e. The van der Waals surface area contributed by atoms with Crippen molar-refractivity contribution >= 4 is 23.6 Å². The number of hydrogen-bond donors (Lipinski definition) is 1. The molecule has 4 rings (SSSR count). The Labute approximate surface area is 207 Å². The van der Waals surface area contributed by atoms with Gasteiger partial charge in [-0.05, 0) is 54.7 Å². The first-order chi connectivity index (χ1) is 17.1. The van der Waals surface area contributed by atoms with Gasteiger partial charge in [-0.1, -0.05) is 72.3 Å². The Bertz CT molecular complexity index is 1150. The lowest BCUT2D eigenvalue weighted by molar-refractivity contribution is -0.121. The van der Waals surface area contributed by atoms with Crippen LogP contribution in [0.5, 0.6) is 0 Å². The Morgan fingerprint density at radius 2 is 1.80 bits per heavy atom. The van der Waals surface area contributed by atoms with Gasteiger partial charge in [0, 0.05) is 24.9 Å². The summed E-state index contributed by atoms with van der Waals surface area (Å²) in [7, 11) is 0. The molecule has 0 bridgehead atoms. The Morgan fingerprint density at radius 3 is 2.54 bits per heavy atom. The van der Waals surface area contributed by atoms with E-state index in [0.717, 1.165) is 41.8 Å². The van der Waals surface area contributed by atoms with E-state index in [1.54, 1.807) is 11.0 Å². The fraction of sp³-hybridized carbons (Fsp3) is 0.267. The highest BCUT2D eigenvalue weighted by Crippen LogP contribution is 2.21. The van der Waals surface area contributed by atoms with Crippen LogP contribution in [0.2, 0.25) is 0 Å². The first kappa shape index (κ1) is 24.4. The molecule has 2 amide bonds. The number of amides is 2. The molecule has 180 valence electrons. The summed E-state index contributed by atoms with van der Waals surface area (Å²) in [6.45, 7) is 3.79. The third-order valence-corrected chi connectivity index (χ3v) is 6.08. The maximum absolute atomic E-state index is 13.3. The van der Waals surface area contributed by atoms with Crippen LogP contribution in [0, 0.1) is 6.92 Å². The molecule has 0 aromatic heterocycles. The standard InChI is InChI=1S/C30H32N2O3/c1-23-12-14-25(15-13-23)22-32(30(34)17-16-24-7-3-2-4-8-24)27-10-5-9-26(19-27)20-29(33)31-21-28-11-6-18-35-28/h2-5,7-10,12-17,19,28H,6,11,18,20-22H2,1H3,(H,31,33)/b17-16+/t28-/m0/s1. The Morgan fingerprint density at radius 1 is 1.00 bits per heavy atom. The molecule has 5 nitrogen and oxygen atoms in total. The van der Waals surface area contributed by atoms with Crippen LogP contribution < -0.4 is 10.2 Å². The van der Waals surface area contributed by atoms with E-state index in [1.807, 2.05) is 91.9 Å². The van der Waals surface area contributed by atoms with Gasteiger partial charge in [-0.2, -0.15) is 0 Å². The van der Waals surface area contributed by atoms with Crippen molar-refractivity contribution in [2.45, 2.75) is 38.8 Å². The van der Waals surface area contributed by atoms with Gasteiger partial charge in [0.1, 0.15) is 0 Å². The van der Waals surface area contributed by atoms with Gasteiger partial charge in [-0.3, -0.25) is 9.59 Å². The summed E-state index contributed by atoms with van der Waals surface area (Å²) in [4.78, 5) is 27.6.